The number of hydrogen-bond donors (Lipinski definition) is 2. The predicted molar refractivity (Wildman–Crippen MR) is 190 cm³/mol. The van der Waals surface area contributed by atoms with Crippen LogP contribution in [0.4, 0.5) is 4.79 Å². The van der Waals surface area contributed by atoms with Gasteiger partial charge in [0.25, 0.3) is 0 Å². The van der Waals surface area contributed by atoms with E-state index in [0.29, 0.717) is 11.3 Å². The Balaban J connectivity index is 1.39. The fourth-order valence-corrected chi connectivity index (χ4v) is 9.51. The maximum absolute atomic E-state index is 14.0. The number of ketones is 1. The van der Waals surface area contributed by atoms with Gasteiger partial charge in [-0.25, -0.2) is 18.2 Å². The van der Waals surface area contributed by atoms with Gasteiger partial charge in [-0.2, -0.15) is 4.31 Å². The highest BCUT2D eigenvalue weighted by molar-refractivity contribution is 7.89. The number of sulfonamides is 1. The Kier molecular flexibility index (Phi) is 11.8. The van der Waals surface area contributed by atoms with Crippen molar-refractivity contribution in [2.24, 2.45) is 5.92 Å². The van der Waals surface area contributed by atoms with Crippen LogP contribution in [0.25, 0.3) is 10.2 Å². The quantitative estimate of drug-likeness (QED) is 0.123. The fourth-order valence-electron chi connectivity index (χ4n) is 5.75. The number of amides is 1. The van der Waals surface area contributed by atoms with Crippen LogP contribution in [-0.2, 0) is 26.0 Å². The van der Waals surface area contributed by atoms with Crippen LogP contribution in [0.2, 0.25) is 0 Å². The van der Waals surface area contributed by atoms with Crippen LogP contribution in [0.15, 0.2) is 101 Å². The average molecular weight is 706 g/mol. The molecule has 48 heavy (non-hydrogen) atoms. The van der Waals surface area contributed by atoms with Gasteiger partial charge in [-0.1, -0.05) is 74.5 Å². The minimum absolute atomic E-state index is 0.000524. The molecule has 2 N–H and O–H groups in total. The monoisotopic (exact) mass is 705 g/mol. The SMILES string of the molecule is COC(=O)N[C@H](C(=O)CCc1ccc([C@@H](CO)N(CC(C)C)S(=O)(=O)c2ccc3ncsc3c2)s1)C(c1ccccc1)c1ccccc1. The van der Waals surface area contributed by atoms with E-state index >= 15 is 0 Å². The van der Waals surface area contributed by atoms with Crippen molar-refractivity contribution in [2.75, 3.05) is 20.3 Å². The van der Waals surface area contributed by atoms with E-state index in [1.807, 2.05) is 86.6 Å². The van der Waals surface area contributed by atoms with Crippen molar-refractivity contribution in [1.29, 1.82) is 0 Å². The lowest BCUT2D eigenvalue weighted by Crippen LogP contribution is -2.45. The topological polar surface area (TPSA) is 126 Å². The van der Waals surface area contributed by atoms with Crippen molar-refractivity contribution in [1.82, 2.24) is 14.6 Å². The van der Waals surface area contributed by atoms with Gasteiger partial charge in [0.1, 0.15) is 6.04 Å². The largest absolute Gasteiger partial charge is 0.453 e. The summed E-state index contributed by atoms with van der Waals surface area (Å²) in [6.45, 7) is 3.67. The molecule has 2 atom stereocenters. The van der Waals surface area contributed by atoms with Gasteiger partial charge >= 0.3 is 6.09 Å². The number of aliphatic hydroxyl groups is 1. The summed E-state index contributed by atoms with van der Waals surface area (Å²) in [5.74, 6) is -0.621. The molecular formula is C36H39N3O6S3. The van der Waals surface area contributed by atoms with Crippen molar-refractivity contribution < 1.29 is 27.9 Å². The molecule has 0 saturated heterocycles. The van der Waals surface area contributed by atoms with E-state index in [-0.39, 0.29) is 29.6 Å². The molecular weight excluding hydrogens is 667 g/mol. The first kappa shape index (κ1) is 35.4. The standard InChI is InChI=1S/C36H39N3O6S3/c1-24(2)21-39(48(43,44)28-16-17-29-33(20-28)46-23-37-29)30(22-40)32-19-15-27(47-32)14-18-31(41)35(38-36(42)45-3)34(25-10-6-4-7-11-25)26-12-8-5-9-13-26/h4-13,15-17,19-20,23-24,30,34-35,40H,14,18,21-22H2,1-3H3,(H,38,42)/t30-,35-/m1/s1. The molecule has 0 fully saturated rings. The van der Waals surface area contributed by atoms with Crippen LogP contribution >= 0.6 is 22.7 Å². The first-order valence-corrected chi connectivity index (χ1v) is 18.8. The summed E-state index contributed by atoms with van der Waals surface area (Å²) >= 11 is 2.74. The molecule has 5 aromatic rings. The molecule has 0 spiro atoms. The minimum atomic E-state index is -3.98. The lowest BCUT2D eigenvalue weighted by Gasteiger charge is -2.30. The number of Topliss-reactive ketones (excluding diaryl/α,β-unsaturated/α-hetero) is 1. The number of carbonyl (C=O) groups is 2. The molecule has 0 bridgehead atoms. The number of methoxy groups -OCH3 is 1. The molecule has 2 aromatic heterocycles. The maximum Gasteiger partial charge on any atom is 0.407 e. The van der Waals surface area contributed by atoms with Crippen molar-refractivity contribution in [2.45, 2.75) is 49.6 Å². The summed E-state index contributed by atoms with van der Waals surface area (Å²) in [6, 6.07) is 26.0. The van der Waals surface area contributed by atoms with E-state index in [2.05, 4.69) is 10.3 Å². The first-order chi connectivity index (χ1) is 23.1. The average Bonchev–Trinajstić information content (AvgIpc) is 3.77. The summed E-state index contributed by atoms with van der Waals surface area (Å²) in [6.07, 6.45) is -0.205. The lowest BCUT2D eigenvalue weighted by atomic mass is 9.82. The Morgan fingerprint density at radius 1 is 0.958 bits per heavy atom. The molecule has 0 aliphatic rings. The maximum atomic E-state index is 14.0. The molecule has 2 heterocycles. The van der Waals surface area contributed by atoms with Gasteiger partial charge in [-0.05, 0) is 53.8 Å². The zero-order chi connectivity index (χ0) is 34.3. The molecule has 252 valence electrons. The predicted octanol–water partition coefficient (Wildman–Crippen LogP) is 6.80. The second-order valence-corrected chi connectivity index (χ2v) is 15.8. The highest BCUT2D eigenvalue weighted by atomic mass is 32.2. The number of thiazole rings is 1. The van der Waals surface area contributed by atoms with Gasteiger partial charge in [0.2, 0.25) is 10.0 Å². The number of benzene rings is 3. The molecule has 12 heteroatoms. The third kappa shape index (κ3) is 8.19. The number of nitrogens with zero attached hydrogens (tertiary/aromatic N) is 2. The number of aliphatic hydroxyl groups excluding tert-OH is 1. The number of rotatable bonds is 15. The molecule has 0 aliphatic carbocycles. The Morgan fingerprint density at radius 2 is 1.62 bits per heavy atom. The molecule has 0 aliphatic heterocycles. The zero-order valence-corrected chi connectivity index (χ0v) is 29.4. The highest BCUT2D eigenvalue weighted by Crippen LogP contribution is 2.35. The molecule has 0 unspecified atom stereocenters. The number of thiophene rings is 1. The summed E-state index contributed by atoms with van der Waals surface area (Å²) < 4.78 is 35.1. The first-order valence-electron chi connectivity index (χ1n) is 15.6. The second-order valence-electron chi connectivity index (χ2n) is 11.8. The summed E-state index contributed by atoms with van der Waals surface area (Å²) in [7, 11) is -2.71. The van der Waals surface area contributed by atoms with Crippen LogP contribution < -0.4 is 5.32 Å². The van der Waals surface area contributed by atoms with Crippen LogP contribution in [0.3, 0.4) is 0 Å². The molecule has 1 amide bonds. The van der Waals surface area contributed by atoms with Crippen molar-refractivity contribution >= 4 is 54.8 Å². The minimum Gasteiger partial charge on any atom is -0.453 e. The summed E-state index contributed by atoms with van der Waals surface area (Å²) in [5.41, 5.74) is 4.17. The van der Waals surface area contributed by atoms with E-state index < -0.39 is 40.7 Å². The van der Waals surface area contributed by atoms with Crippen molar-refractivity contribution in [3.8, 4) is 0 Å². The number of hydrogen-bond acceptors (Lipinski definition) is 9. The van der Waals surface area contributed by atoms with Crippen molar-refractivity contribution in [3.63, 3.8) is 0 Å². The molecule has 3 aromatic carbocycles. The zero-order valence-electron chi connectivity index (χ0n) is 27.0. The van der Waals surface area contributed by atoms with E-state index in [1.165, 1.54) is 34.1 Å². The number of fused-ring (bicyclic) bond motifs is 1. The Morgan fingerprint density at radius 3 is 2.23 bits per heavy atom. The van der Waals surface area contributed by atoms with Crippen LogP contribution in [-0.4, -0.2) is 61.0 Å². The number of aryl methyl sites for hydroxylation is 1. The Bertz CT molecular complexity index is 1890. The number of alkyl carbamates (subject to hydrolysis) is 1. The summed E-state index contributed by atoms with van der Waals surface area (Å²) in [5, 5.41) is 13.4. The van der Waals surface area contributed by atoms with E-state index in [9.17, 15) is 23.1 Å². The van der Waals surface area contributed by atoms with Gasteiger partial charge in [-0.15, -0.1) is 22.7 Å². The number of carbonyl (C=O) groups excluding carboxylic acids is 2. The van der Waals surface area contributed by atoms with Crippen molar-refractivity contribution in [3.05, 3.63) is 117 Å². The van der Waals surface area contributed by atoms with Gasteiger partial charge in [0, 0.05) is 28.6 Å². The number of nitrogens with one attached hydrogen (secondary N) is 1. The Labute approximate surface area is 289 Å². The summed E-state index contributed by atoms with van der Waals surface area (Å²) in [4.78, 5) is 32.4. The molecule has 5 rings (SSSR count). The van der Waals surface area contributed by atoms with E-state index in [4.69, 9.17) is 4.74 Å². The van der Waals surface area contributed by atoms with Gasteiger partial charge in [0.15, 0.2) is 5.78 Å². The van der Waals surface area contributed by atoms with Crippen LogP contribution in [0.5, 0.6) is 0 Å². The third-order valence-electron chi connectivity index (χ3n) is 8.06. The Hall–Kier alpha value is -3.94. The van der Waals surface area contributed by atoms with E-state index in [0.717, 1.165) is 26.2 Å². The normalized spacial score (nSPS) is 13.2. The fraction of sp³-hybridized carbons (Fsp3) is 0.306. The van der Waals surface area contributed by atoms with Crippen LogP contribution in [0.1, 0.15) is 53.1 Å². The van der Waals surface area contributed by atoms with Gasteiger partial charge < -0.3 is 15.2 Å². The molecule has 9 nitrogen and oxygen atoms in total. The second kappa shape index (κ2) is 16.0. The molecule has 0 saturated carbocycles. The smallest absolute Gasteiger partial charge is 0.407 e. The lowest BCUT2D eigenvalue weighted by molar-refractivity contribution is -0.121. The number of aromatic nitrogens is 1. The van der Waals surface area contributed by atoms with Gasteiger partial charge in [0.05, 0.1) is 40.4 Å². The number of ether oxygens (including phenoxy) is 1. The molecule has 0 radical (unpaired) electrons. The van der Waals surface area contributed by atoms with E-state index in [1.54, 1.807) is 23.7 Å². The van der Waals surface area contributed by atoms with Crippen LogP contribution in [0, 0.1) is 5.92 Å². The van der Waals surface area contributed by atoms with Gasteiger partial charge in [-0.3, -0.25) is 4.79 Å². The third-order valence-corrected chi connectivity index (χ3v) is 12.0. The highest BCUT2D eigenvalue weighted by Gasteiger charge is 2.35.